The van der Waals surface area contributed by atoms with Gasteiger partial charge < -0.3 is 37.1 Å². The number of hydrogen-bond donors (Lipinski definition) is 8. The van der Waals surface area contributed by atoms with Gasteiger partial charge in [0.15, 0.2) is 5.96 Å². The van der Waals surface area contributed by atoms with E-state index >= 15 is 0 Å². The number of aliphatic hydroxyl groups is 2. The number of nitrogens with two attached hydrogens (primary N) is 2. The Hall–Kier alpha value is -4.38. The maximum atomic E-state index is 13.0. The summed E-state index contributed by atoms with van der Waals surface area (Å²) in [4.78, 5) is 64.9. The molecule has 1 aromatic rings. The van der Waals surface area contributed by atoms with Crippen LogP contribution in [0.2, 0.25) is 0 Å². The first-order valence-corrected chi connectivity index (χ1v) is 12.7. The van der Waals surface area contributed by atoms with Crippen molar-refractivity contribution in [2.45, 2.75) is 56.3 Å². The molecule has 41 heavy (non-hydrogen) atoms. The van der Waals surface area contributed by atoms with Gasteiger partial charge in [0.1, 0.15) is 37.0 Å². The van der Waals surface area contributed by atoms with E-state index in [1.54, 1.807) is 0 Å². The summed E-state index contributed by atoms with van der Waals surface area (Å²) in [6.45, 7) is -0.833. The number of imide groups is 1. The number of benzene rings is 1. The highest BCUT2D eigenvalue weighted by Gasteiger charge is 2.46. The Balaban J connectivity index is 1.63. The molecule has 0 radical (unpaired) electrons. The molecule has 1 aromatic carbocycles. The van der Waals surface area contributed by atoms with Crippen LogP contribution < -0.4 is 27.4 Å². The van der Waals surface area contributed by atoms with Crippen molar-refractivity contribution in [1.29, 1.82) is 0 Å². The number of aliphatic imine (C=N–C) groups is 1. The van der Waals surface area contributed by atoms with Crippen LogP contribution in [0.3, 0.4) is 0 Å². The van der Waals surface area contributed by atoms with E-state index in [0.29, 0.717) is 0 Å². The first-order chi connectivity index (χ1) is 19.5. The second-order valence-electron chi connectivity index (χ2n) is 9.36. The van der Waals surface area contributed by atoms with Gasteiger partial charge in [-0.3, -0.25) is 34.5 Å². The highest BCUT2D eigenvalue weighted by atomic mass is 16.5. The van der Waals surface area contributed by atoms with Crippen LogP contribution in [-0.2, 0) is 35.3 Å². The van der Waals surface area contributed by atoms with Crippen LogP contribution in [0.15, 0.2) is 47.0 Å². The fourth-order valence-corrected chi connectivity index (χ4v) is 4.21. The normalized spacial score (nSPS) is 22.7. The van der Waals surface area contributed by atoms with Crippen LogP contribution in [0.4, 0.5) is 0 Å². The number of rotatable bonds is 12. The molecule has 5 atom stereocenters. The van der Waals surface area contributed by atoms with Gasteiger partial charge >= 0.3 is 0 Å². The molecule has 0 aliphatic carbocycles. The molecule has 0 aromatic heterocycles. The Morgan fingerprint density at radius 2 is 1.83 bits per heavy atom. The van der Waals surface area contributed by atoms with Crippen molar-refractivity contribution in [1.82, 2.24) is 21.0 Å². The molecule has 3 rings (SSSR count). The number of ether oxygens (including phenoxy) is 1. The largest absolute Gasteiger partial charge is 0.388 e. The number of hydroxylamine groups is 2. The third-order valence-electron chi connectivity index (χ3n) is 6.40. The van der Waals surface area contributed by atoms with Gasteiger partial charge in [0, 0.05) is 31.5 Å². The Bertz CT molecular complexity index is 1200. The first kappa shape index (κ1) is 31.2. The summed E-state index contributed by atoms with van der Waals surface area (Å²) in [6, 6.07) is 7.50. The number of guanidine groups is 1. The monoisotopic (exact) mass is 575 g/mol. The fourth-order valence-electron chi connectivity index (χ4n) is 4.21. The lowest BCUT2D eigenvalue weighted by Gasteiger charge is -2.25. The number of amides is 5. The van der Waals surface area contributed by atoms with Crippen LogP contribution in [0.25, 0.3) is 0 Å². The second-order valence-corrected chi connectivity index (χ2v) is 9.36. The molecule has 2 aliphatic heterocycles. The molecule has 1 fully saturated rings. The Labute approximate surface area is 234 Å². The van der Waals surface area contributed by atoms with Gasteiger partial charge in [-0.15, -0.1) is 0 Å². The van der Waals surface area contributed by atoms with E-state index in [2.05, 4.69) is 20.9 Å². The minimum Gasteiger partial charge on any atom is -0.388 e. The molecule has 1 saturated heterocycles. The van der Waals surface area contributed by atoms with E-state index in [0.717, 1.165) is 5.56 Å². The van der Waals surface area contributed by atoms with E-state index in [1.807, 2.05) is 30.3 Å². The smallest absolute Gasteiger partial charge is 0.268 e. The molecule has 5 amide bonds. The Morgan fingerprint density at radius 1 is 1.12 bits per heavy atom. The molecular weight excluding hydrogens is 542 g/mol. The zero-order valence-electron chi connectivity index (χ0n) is 21.9. The van der Waals surface area contributed by atoms with Crippen molar-refractivity contribution in [2.75, 3.05) is 13.1 Å². The van der Waals surface area contributed by atoms with Gasteiger partial charge in [-0.05, 0) is 12.0 Å². The van der Waals surface area contributed by atoms with Gasteiger partial charge in [0.2, 0.25) is 17.7 Å². The minimum absolute atomic E-state index is 0.0452. The lowest BCUT2D eigenvalue weighted by atomic mass is 9.98. The maximum Gasteiger partial charge on any atom is 0.268 e. The molecular formula is C25H33N7O9. The molecule has 2 aliphatic rings. The predicted octanol–water partition coefficient (Wildman–Crippen LogP) is -3.48. The van der Waals surface area contributed by atoms with Crippen LogP contribution >= 0.6 is 0 Å². The molecule has 0 unspecified atom stereocenters. The van der Waals surface area contributed by atoms with Crippen molar-refractivity contribution in [3.63, 3.8) is 0 Å². The predicted molar refractivity (Wildman–Crippen MR) is 140 cm³/mol. The molecule has 10 N–H and O–H groups in total. The highest BCUT2D eigenvalue weighted by Crippen LogP contribution is 2.28. The molecule has 2 heterocycles. The van der Waals surface area contributed by atoms with Crippen LogP contribution in [-0.4, -0.2) is 99.5 Å². The van der Waals surface area contributed by atoms with Gasteiger partial charge in [0.25, 0.3) is 11.8 Å². The summed E-state index contributed by atoms with van der Waals surface area (Å²) < 4.78 is 5.60. The third-order valence-corrected chi connectivity index (χ3v) is 6.40. The van der Waals surface area contributed by atoms with Gasteiger partial charge in [-0.2, -0.15) is 0 Å². The van der Waals surface area contributed by atoms with Crippen molar-refractivity contribution in [3.8, 4) is 0 Å². The average Bonchev–Trinajstić information content (AvgIpc) is 3.22. The number of carbonyl (C=O) groups excluding carboxylic acids is 5. The Kier molecular flexibility index (Phi) is 10.9. The number of hydrogen-bond acceptors (Lipinski definition) is 10. The van der Waals surface area contributed by atoms with Crippen LogP contribution in [0.1, 0.15) is 24.8 Å². The first-order valence-electron chi connectivity index (χ1n) is 12.7. The molecule has 16 heteroatoms. The van der Waals surface area contributed by atoms with Crippen molar-refractivity contribution >= 4 is 35.5 Å². The summed E-state index contributed by atoms with van der Waals surface area (Å²) in [6.07, 6.45) is -4.90. The van der Waals surface area contributed by atoms with Crippen molar-refractivity contribution in [3.05, 3.63) is 47.5 Å². The van der Waals surface area contributed by atoms with Crippen LogP contribution in [0, 0.1) is 0 Å². The summed E-state index contributed by atoms with van der Waals surface area (Å²) in [5.41, 5.74) is 11.2. The highest BCUT2D eigenvalue weighted by molar-refractivity contribution is 6.08. The molecule has 16 nitrogen and oxygen atoms in total. The Morgan fingerprint density at radius 3 is 2.49 bits per heavy atom. The maximum absolute atomic E-state index is 13.0. The van der Waals surface area contributed by atoms with E-state index < -0.39 is 79.0 Å². The lowest BCUT2D eigenvalue weighted by Crippen LogP contribution is -2.51. The number of nitrogens with zero attached hydrogens (tertiary/aromatic N) is 2. The number of nitrogens with one attached hydrogen (secondary N) is 3. The van der Waals surface area contributed by atoms with E-state index in [-0.39, 0.29) is 36.4 Å². The summed E-state index contributed by atoms with van der Waals surface area (Å²) in [5.74, 6) is -4.10. The van der Waals surface area contributed by atoms with E-state index in [4.69, 9.17) is 16.2 Å². The van der Waals surface area contributed by atoms with Gasteiger partial charge in [0.05, 0.1) is 0 Å². The van der Waals surface area contributed by atoms with Crippen LogP contribution in [0.5, 0.6) is 0 Å². The quantitative estimate of drug-likeness (QED) is 0.0399. The number of aliphatic hydroxyl groups excluding tert-OH is 2. The fraction of sp³-hybridized carbons (Fsp3) is 0.440. The zero-order valence-corrected chi connectivity index (χ0v) is 21.9. The summed E-state index contributed by atoms with van der Waals surface area (Å²) in [5, 5.41) is 38.6. The standard InChI is InChI=1S/C25H33N7O9/c26-25(27)30-12-19(35)32(40)15(7-9-17(33)28-10-13-4-2-1-3-5-13)24(39)29-11-16-20(36)21(37)22(41-16)14-6-8-18(34)31-23(14)38/h1-6,15-16,20-22,36-37,40H,7-12H2,(H,28,33)(H,29,39)(H4,26,27,30)(H,31,34,38)/t15-,16+,20+,21+,22-/m0/s1. The summed E-state index contributed by atoms with van der Waals surface area (Å²) in [7, 11) is 0. The molecule has 222 valence electrons. The van der Waals surface area contributed by atoms with E-state index in [9.17, 15) is 39.4 Å². The zero-order chi connectivity index (χ0) is 30.1. The van der Waals surface area contributed by atoms with Gasteiger partial charge in [-0.25, -0.2) is 10.1 Å². The SMILES string of the molecule is NC(N)=NCC(=O)N(O)[C@@H](CCC(=O)NCc1ccccc1)C(=O)NC[C@H]1O[C@@H](C2=CCC(=O)NC2=O)[C@H](O)[C@@H]1O. The molecule has 0 saturated carbocycles. The average molecular weight is 576 g/mol. The van der Waals surface area contributed by atoms with Crippen molar-refractivity contribution < 1.29 is 44.1 Å². The topological polar surface area (TPSA) is 259 Å². The van der Waals surface area contributed by atoms with E-state index in [1.165, 1.54) is 6.08 Å². The number of carbonyl (C=O) groups is 5. The molecule has 0 bridgehead atoms. The van der Waals surface area contributed by atoms with Crippen molar-refractivity contribution in [2.24, 2.45) is 16.5 Å². The third kappa shape index (κ3) is 8.55. The minimum atomic E-state index is -1.56. The molecule has 0 spiro atoms. The second kappa shape index (κ2) is 14.3. The summed E-state index contributed by atoms with van der Waals surface area (Å²) >= 11 is 0. The van der Waals surface area contributed by atoms with Gasteiger partial charge in [-0.1, -0.05) is 36.4 Å². The lowest BCUT2D eigenvalue weighted by molar-refractivity contribution is -0.179.